The van der Waals surface area contributed by atoms with Crippen LogP contribution in [0.3, 0.4) is 0 Å². The topological polar surface area (TPSA) is 55.1 Å². The third kappa shape index (κ3) is 4.21. The van der Waals surface area contributed by atoms with Crippen LogP contribution in [-0.2, 0) is 11.2 Å². The molecule has 0 saturated carbocycles. The van der Waals surface area contributed by atoms with Crippen LogP contribution >= 0.6 is 11.6 Å². The quantitative estimate of drug-likeness (QED) is 0.842. The van der Waals surface area contributed by atoms with E-state index in [1.54, 1.807) is 12.1 Å². The summed E-state index contributed by atoms with van der Waals surface area (Å²) < 4.78 is 0. The molecule has 1 aromatic rings. The van der Waals surface area contributed by atoms with Crippen molar-refractivity contribution in [3.63, 3.8) is 0 Å². The lowest BCUT2D eigenvalue weighted by Crippen LogP contribution is -2.49. The second-order valence-corrected chi connectivity index (χ2v) is 4.88. The van der Waals surface area contributed by atoms with Gasteiger partial charge in [-0.25, -0.2) is 0 Å². The SMILES string of the molecule is CC(C)(CN)NC(=O)Cc1ccc(Cl)cc1. The molecule has 1 aromatic carbocycles. The highest BCUT2D eigenvalue weighted by atomic mass is 35.5. The molecule has 0 fully saturated rings. The highest BCUT2D eigenvalue weighted by Crippen LogP contribution is 2.10. The van der Waals surface area contributed by atoms with E-state index in [1.807, 2.05) is 26.0 Å². The summed E-state index contributed by atoms with van der Waals surface area (Å²) >= 11 is 5.76. The maximum absolute atomic E-state index is 11.7. The lowest BCUT2D eigenvalue weighted by Gasteiger charge is -2.24. The van der Waals surface area contributed by atoms with Gasteiger partial charge < -0.3 is 11.1 Å². The van der Waals surface area contributed by atoms with Crippen molar-refractivity contribution in [2.45, 2.75) is 25.8 Å². The second kappa shape index (κ2) is 5.32. The molecule has 1 amide bonds. The third-order valence-corrected chi connectivity index (χ3v) is 2.52. The van der Waals surface area contributed by atoms with Crippen LogP contribution < -0.4 is 11.1 Å². The van der Waals surface area contributed by atoms with Crippen molar-refractivity contribution < 1.29 is 4.79 Å². The Hall–Kier alpha value is -1.06. The predicted molar refractivity (Wildman–Crippen MR) is 66.4 cm³/mol. The molecule has 88 valence electrons. The molecule has 0 aliphatic heterocycles. The van der Waals surface area contributed by atoms with Gasteiger partial charge in [0.25, 0.3) is 0 Å². The summed E-state index contributed by atoms with van der Waals surface area (Å²) in [6.45, 7) is 4.21. The van der Waals surface area contributed by atoms with Crippen molar-refractivity contribution in [2.75, 3.05) is 6.54 Å². The van der Waals surface area contributed by atoms with Gasteiger partial charge in [0.2, 0.25) is 5.91 Å². The van der Waals surface area contributed by atoms with Gasteiger partial charge >= 0.3 is 0 Å². The lowest BCUT2D eigenvalue weighted by atomic mass is 10.1. The van der Waals surface area contributed by atoms with Crippen molar-refractivity contribution in [1.82, 2.24) is 5.32 Å². The Balaban J connectivity index is 2.55. The van der Waals surface area contributed by atoms with E-state index >= 15 is 0 Å². The van der Waals surface area contributed by atoms with E-state index in [1.165, 1.54) is 0 Å². The van der Waals surface area contributed by atoms with E-state index in [9.17, 15) is 4.79 Å². The van der Waals surface area contributed by atoms with E-state index < -0.39 is 0 Å². The zero-order chi connectivity index (χ0) is 12.2. The van der Waals surface area contributed by atoms with Crippen LogP contribution in [0.25, 0.3) is 0 Å². The van der Waals surface area contributed by atoms with Gasteiger partial charge in [-0.2, -0.15) is 0 Å². The van der Waals surface area contributed by atoms with Crippen molar-refractivity contribution in [3.05, 3.63) is 34.9 Å². The Labute approximate surface area is 101 Å². The fourth-order valence-electron chi connectivity index (χ4n) is 1.26. The smallest absolute Gasteiger partial charge is 0.224 e. The van der Waals surface area contributed by atoms with Crippen LogP contribution in [0.1, 0.15) is 19.4 Å². The first-order valence-corrected chi connectivity index (χ1v) is 5.56. The molecule has 0 heterocycles. The van der Waals surface area contributed by atoms with E-state index in [4.69, 9.17) is 17.3 Å². The minimum atomic E-state index is -0.358. The zero-order valence-electron chi connectivity index (χ0n) is 9.59. The summed E-state index contributed by atoms with van der Waals surface area (Å²) in [4.78, 5) is 11.7. The normalized spacial score (nSPS) is 11.2. The number of benzene rings is 1. The van der Waals surface area contributed by atoms with Gasteiger partial charge in [-0.15, -0.1) is 0 Å². The Bertz CT molecular complexity index is 360. The van der Waals surface area contributed by atoms with E-state index in [0.717, 1.165) is 5.56 Å². The molecule has 1 rings (SSSR count). The van der Waals surface area contributed by atoms with Crippen LogP contribution in [0.15, 0.2) is 24.3 Å². The van der Waals surface area contributed by atoms with Crippen LogP contribution in [0, 0.1) is 0 Å². The predicted octanol–water partition coefficient (Wildman–Crippen LogP) is 1.74. The van der Waals surface area contributed by atoms with Crippen molar-refractivity contribution in [1.29, 1.82) is 0 Å². The number of amides is 1. The second-order valence-electron chi connectivity index (χ2n) is 4.44. The molecule has 3 N–H and O–H groups in total. The number of carbonyl (C=O) groups is 1. The summed E-state index contributed by atoms with van der Waals surface area (Å²) in [5.74, 6) is -0.0298. The number of hydrogen-bond acceptors (Lipinski definition) is 2. The molecular formula is C12H17ClN2O. The van der Waals surface area contributed by atoms with E-state index in [-0.39, 0.29) is 11.4 Å². The summed E-state index contributed by atoms with van der Waals surface area (Å²) in [5, 5.41) is 3.54. The highest BCUT2D eigenvalue weighted by Gasteiger charge is 2.17. The Morgan fingerprint density at radius 3 is 2.44 bits per heavy atom. The van der Waals surface area contributed by atoms with Crippen LogP contribution in [0.5, 0.6) is 0 Å². The minimum absolute atomic E-state index is 0.0298. The standard InChI is InChI=1S/C12H17ClN2O/c1-12(2,8-14)15-11(16)7-9-3-5-10(13)6-4-9/h3-6H,7-8,14H2,1-2H3,(H,15,16). The minimum Gasteiger partial charge on any atom is -0.350 e. The summed E-state index contributed by atoms with van der Waals surface area (Å²) in [5.41, 5.74) is 6.12. The molecule has 0 aromatic heterocycles. The number of rotatable bonds is 4. The van der Waals surface area contributed by atoms with Gasteiger partial charge in [0.1, 0.15) is 0 Å². The number of carbonyl (C=O) groups excluding carboxylic acids is 1. The van der Waals surface area contributed by atoms with Crippen LogP contribution in [0.4, 0.5) is 0 Å². The summed E-state index contributed by atoms with van der Waals surface area (Å²) in [7, 11) is 0. The van der Waals surface area contributed by atoms with Crippen LogP contribution in [-0.4, -0.2) is 18.0 Å². The first kappa shape index (κ1) is 13.0. The van der Waals surface area contributed by atoms with Gasteiger partial charge in [-0.05, 0) is 31.5 Å². The molecule has 16 heavy (non-hydrogen) atoms. The number of hydrogen-bond donors (Lipinski definition) is 2. The zero-order valence-corrected chi connectivity index (χ0v) is 10.3. The molecule has 0 saturated heterocycles. The molecule has 4 heteroatoms. The highest BCUT2D eigenvalue weighted by molar-refractivity contribution is 6.30. The van der Waals surface area contributed by atoms with E-state index in [2.05, 4.69) is 5.32 Å². The molecule has 0 aliphatic rings. The summed E-state index contributed by atoms with van der Waals surface area (Å²) in [6.07, 6.45) is 0.348. The van der Waals surface area contributed by atoms with Crippen molar-refractivity contribution in [2.24, 2.45) is 5.73 Å². The Kier molecular flexibility index (Phi) is 4.33. The largest absolute Gasteiger partial charge is 0.350 e. The molecule has 0 aliphatic carbocycles. The monoisotopic (exact) mass is 240 g/mol. The van der Waals surface area contributed by atoms with Gasteiger partial charge in [-0.3, -0.25) is 4.79 Å². The molecular weight excluding hydrogens is 224 g/mol. The lowest BCUT2D eigenvalue weighted by molar-refractivity contribution is -0.121. The molecule has 0 spiro atoms. The van der Waals surface area contributed by atoms with Crippen molar-refractivity contribution >= 4 is 17.5 Å². The average Bonchev–Trinajstić information content (AvgIpc) is 2.21. The maximum Gasteiger partial charge on any atom is 0.224 e. The van der Waals surface area contributed by atoms with Crippen molar-refractivity contribution in [3.8, 4) is 0 Å². The van der Waals surface area contributed by atoms with E-state index in [0.29, 0.717) is 18.0 Å². The molecule has 0 bridgehead atoms. The van der Waals surface area contributed by atoms with Gasteiger partial charge in [0.15, 0.2) is 0 Å². The molecule has 0 radical (unpaired) electrons. The number of nitrogens with two attached hydrogens (primary N) is 1. The van der Waals surface area contributed by atoms with Crippen LogP contribution in [0.2, 0.25) is 5.02 Å². The maximum atomic E-state index is 11.7. The average molecular weight is 241 g/mol. The fourth-order valence-corrected chi connectivity index (χ4v) is 1.39. The van der Waals surface area contributed by atoms with Gasteiger partial charge in [0.05, 0.1) is 6.42 Å². The Morgan fingerprint density at radius 2 is 1.94 bits per heavy atom. The first-order chi connectivity index (χ1) is 7.43. The van der Waals surface area contributed by atoms with Gasteiger partial charge in [-0.1, -0.05) is 23.7 Å². The fraction of sp³-hybridized carbons (Fsp3) is 0.417. The molecule has 0 unspecified atom stereocenters. The number of halogens is 1. The molecule has 3 nitrogen and oxygen atoms in total. The summed E-state index contributed by atoms with van der Waals surface area (Å²) in [6, 6.07) is 7.24. The third-order valence-electron chi connectivity index (χ3n) is 2.27. The molecule has 0 atom stereocenters. The van der Waals surface area contributed by atoms with Gasteiger partial charge in [0, 0.05) is 17.1 Å². The Morgan fingerprint density at radius 1 is 1.38 bits per heavy atom. The first-order valence-electron chi connectivity index (χ1n) is 5.18. The number of nitrogens with one attached hydrogen (secondary N) is 1.